The van der Waals surface area contributed by atoms with Gasteiger partial charge in [-0.3, -0.25) is 4.90 Å². The van der Waals surface area contributed by atoms with Crippen molar-refractivity contribution in [3.8, 4) is 0 Å². The molecule has 0 amide bonds. The second kappa shape index (κ2) is 7.41. The Morgan fingerprint density at radius 1 is 1.50 bits per heavy atom. The third-order valence-electron chi connectivity index (χ3n) is 2.81. The maximum atomic E-state index is 10.8. The Morgan fingerprint density at radius 3 is 3.00 bits per heavy atom. The molecule has 4 heteroatoms. The number of hydrogen-bond acceptors (Lipinski definition) is 3. The summed E-state index contributed by atoms with van der Waals surface area (Å²) in [5, 5.41) is 8.83. The van der Waals surface area contributed by atoms with E-state index in [1.54, 1.807) is 0 Å². The molecule has 0 radical (unpaired) electrons. The molecule has 1 saturated heterocycles. The van der Waals surface area contributed by atoms with Crippen LogP contribution in [0.15, 0.2) is 12.7 Å². The zero-order valence-electron chi connectivity index (χ0n) is 9.73. The van der Waals surface area contributed by atoms with Gasteiger partial charge in [-0.15, -0.1) is 6.58 Å². The summed E-state index contributed by atoms with van der Waals surface area (Å²) < 4.78 is 5.16. The monoisotopic (exact) mass is 227 g/mol. The molecule has 0 bridgehead atoms. The zero-order chi connectivity index (χ0) is 11.8. The Morgan fingerprint density at radius 2 is 2.31 bits per heavy atom. The molecule has 0 aromatic carbocycles. The number of carboxylic acid groups (broad SMARTS) is 1. The predicted molar refractivity (Wildman–Crippen MR) is 62.5 cm³/mol. The first kappa shape index (κ1) is 13.2. The summed E-state index contributed by atoms with van der Waals surface area (Å²) in [6.07, 6.45) is 5.86. The molecule has 1 atom stereocenters. The normalized spacial score (nSPS) is 21.9. The summed E-state index contributed by atoms with van der Waals surface area (Å²) in [6, 6.07) is 0. The first-order chi connectivity index (χ1) is 7.74. The van der Waals surface area contributed by atoms with Crippen molar-refractivity contribution in [3.63, 3.8) is 0 Å². The molecule has 1 aliphatic rings. The van der Waals surface area contributed by atoms with Crippen molar-refractivity contribution in [2.75, 3.05) is 26.2 Å². The first-order valence-electron chi connectivity index (χ1n) is 5.91. The lowest BCUT2D eigenvalue weighted by atomic mass is 10.1. The van der Waals surface area contributed by atoms with Crippen molar-refractivity contribution < 1.29 is 14.6 Å². The maximum absolute atomic E-state index is 10.8. The molecule has 92 valence electrons. The van der Waals surface area contributed by atoms with Crippen LogP contribution in [0.2, 0.25) is 0 Å². The van der Waals surface area contributed by atoms with Gasteiger partial charge in [0, 0.05) is 13.1 Å². The number of hydrogen-bond donors (Lipinski definition) is 1. The van der Waals surface area contributed by atoms with E-state index in [4.69, 9.17) is 9.84 Å². The molecule has 0 saturated carbocycles. The number of nitrogens with zero attached hydrogens (tertiary/aromatic N) is 1. The summed E-state index contributed by atoms with van der Waals surface area (Å²) >= 11 is 0. The van der Waals surface area contributed by atoms with E-state index in [2.05, 4.69) is 11.5 Å². The van der Waals surface area contributed by atoms with Gasteiger partial charge in [-0.2, -0.15) is 0 Å². The van der Waals surface area contributed by atoms with E-state index in [-0.39, 0.29) is 0 Å². The highest BCUT2D eigenvalue weighted by molar-refractivity contribution is 5.72. The molecule has 4 nitrogen and oxygen atoms in total. The van der Waals surface area contributed by atoms with Crippen LogP contribution in [0.4, 0.5) is 0 Å². The third-order valence-corrected chi connectivity index (χ3v) is 2.81. The van der Waals surface area contributed by atoms with Gasteiger partial charge in [-0.25, -0.2) is 4.79 Å². The lowest BCUT2D eigenvalue weighted by Gasteiger charge is -2.30. The highest BCUT2D eigenvalue weighted by Crippen LogP contribution is 2.08. The largest absolute Gasteiger partial charge is 0.479 e. The van der Waals surface area contributed by atoms with Crippen LogP contribution in [0.1, 0.15) is 25.7 Å². The van der Waals surface area contributed by atoms with Gasteiger partial charge in [-0.05, 0) is 25.8 Å². The molecule has 0 aromatic rings. The Labute approximate surface area is 96.9 Å². The SMILES string of the molecule is C=CCCCCCN1CCOC(C(=O)O)C1. The number of rotatable bonds is 7. The second-order valence-electron chi connectivity index (χ2n) is 4.14. The number of ether oxygens (including phenoxy) is 1. The van der Waals surface area contributed by atoms with Crippen LogP contribution in [0.25, 0.3) is 0 Å². The van der Waals surface area contributed by atoms with Crippen molar-refractivity contribution in [1.29, 1.82) is 0 Å². The van der Waals surface area contributed by atoms with Crippen LogP contribution in [-0.2, 0) is 9.53 Å². The molecule has 1 unspecified atom stereocenters. The van der Waals surface area contributed by atoms with E-state index in [0.717, 1.165) is 25.9 Å². The predicted octanol–water partition coefficient (Wildman–Crippen LogP) is 1.52. The minimum absolute atomic E-state index is 0.525. The molecule has 1 rings (SSSR count). The number of carboxylic acids is 1. The fourth-order valence-electron chi connectivity index (χ4n) is 1.86. The molecule has 1 aliphatic heterocycles. The highest BCUT2D eigenvalue weighted by Gasteiger charge is 2.25. The van der Waals surface area contributed by atoms with E-state index >= 15 is 0 Å². The van der Waals surface area contributed by atoms with Crippen molar-refractivity contribution in [2.24, 2.45) is 0 Å². The zero-order valence-corrected chi connectivity index (χ0v) is 9.73. The number of aliphatic carboxylic acids is 1. The standard InChI is InChI=1S/C12H21NO3/c1-2-3-4-5-6-7-13-8-9-16-11(10-13)12(14)15/h2,11H,1,3-10H2,(H,14,15). The van der Waals surface area contributed by atoms with Gasteiger partial charge < -0.3 is 9.84 Å². The first-order valence-corrected chi connectivity index (χ1v) is 5.91. The quantitative estimate of drug-likeness (QED) is 0.529. The Hall–Kier alpha value is -0.870. The van der Waals surface area contributed by atoms with Crippen LogP contribution >= 0.6 is 0 Å². The van der Waals surface area contributed by atoms with Crippen LogP contribution in [0.5, 0.6) is 0 Å². The molecule has 0 aliphatic carbocycles. The molecule has 1 heterocycles. The summed E-state index contributed by atoms with van der Waals surface area (Å²) in [5.74, 6) is -0.851. The van der Waals surface area contributed by atoms with Gasteiger partial charge in [0.2, 0.25) is 0 Å². The molecule has 0 spiro atoms. The maximum Gasteiger partial charge on any atom is 0.334 e. The molecule has 0 aromatic heterocycles. The lowest BCUT2D eigenvalue weighted by molar-refractivity contribution is -0.156. The number of morpholine rings is 1. The van der Waals surface area contributed by atoms with Gasteiger partial charge in [0.15, 0.2) is 6.10 Å². The second-order valence-corrected chi connectivity index (χ2v) is 4.14. The summed E-state index contributed by atoms with van der Waals surface area (Å²) in [6.45, 7) is 6.57. The van der Waals surface area contributed by atoms with E-state index in [1.807, 2.05) is 6.08 Å². The topological polar surface area (TPSA) is 49.8 Å². The van der Waals surface area contributed by atoms with E-state index in [9.17, 15) is 4.79 Å². The summed E-state index contributed by atoms with van der Waals surface area (Å²) in [7, 11) is 0. The number of unbranched alkanes of at least 4 members (excludes halogenated alkanes) is 3. The van der Waals surface area contributed by atoms with Crippen molar-refractivity contribution >= 4 is 5.97 Å². The van der Waals surface area contributed by atoms with Crippen molar-refractivity contribution in [2.45, 2.75) is 31.8 Å². The van der Waals surface area contributed by atoms with E-state index in [0.29, 0.717) is 13.2 Å². The lowest BCUT2D eigenvalue weighted by Crippen LogP contribution is -2.46. The molecule has 1 fully saturated rings. The summed E-state index contributed by atoms with van der Waals surface area (Å²) in [4.78, 5) is 12.9. The number of allylic oxidation sites excluding steroid dienone is 1. The highest BCUT2D eigenvalue weighted by atomic mass is 16.5. The Bertz CT molecular complexity index is 230. The molecular formula is C12H21NO3. The van der Waals surface area contributed by atoms with Gasteiger partial charge in [-0.1, -0.05) is 12.5 Å². The van der Waals surface area contributed by atoms with E-state index < -0.39 is 12.1 Å². The van der Waals surface area contributed by atoms with Crippen LogP contribution < -0.4 is 0 Å². The van der Waals surface area contributed by atoms with Crippen LogP contribution in [0, 0.1) is 0 Å². The van der Waals surface area contributed by atoms with Crippen LogP contribution in [-0.4, -0.2) is 48.3 Å². The van der Waals surface area contributed by atoms with Gasteiger partial charge in [0.05, 0.1) is 6.61 Å². The van der Waals surface area contributed by atoms with Crippen LogP contribution in [0.3, 0.4) is 0 Å². The summed E-state index contributed by atoms with van der Waals surface area (Å²) in [5.41, 5.74) is 0. The van der Waals surface area contributed by atoms with Crippen molar-refractivity contribution in [1.82, 2.24) is 4.90 Å². The Kier molecular flexibility index (Phi) is 6.11. The minimum Gasteiger partial charge on any atom is -0.479 e. The average Bonchev–Trinajstić information content (AvgIpc) is 2.29. The average molecular weight is 227 g/mol. The fraction of sp³-hybridized carbons (Fsp3) is 0.750. The molecular weight excluding hydrogens is 206 g/mol. The molecule has 16 heavy (non-hydrogen) atoms. The molecule has 1 N–H and O–H groups in total. The Balaban J connectivity index is 2.12. The van der Waals surface area contributed by atoms with Gasteiger partial charge in [0.1, 0.15) is 0 Å². The fourth-order valence-corrected chi connectivity index (χ4v) is 1.86. The number of carbonyl (C=O) groups is 1. The van der Waals surface area contributed by atoms with Gasteiger partial charge >= 0.3 is 5.97 Å². The third kappa shape index (κ3) is 4.77. The van der Waals surface area contributed by atoms with E-state index in [1.165, 1.54) is 12.8 Å². The van der Waals surface area contributed by atoms with Gasteiger partial charge in [0.25, 0.3) is 0 Å². The smallest absolute Gasteiger partial charge is 0.334 e. The van der Waals surface area contributed by atoms with Crippen molar-refractivity contribution in [3.05, 3.63) is 12.7 Å². The minimum atomic E-state index is -0.851.